The van der Waals surface area contributed by atoms with Crippen molar-refractivity contribution in [3.05, 3.63) is 0 Å². The number of hydrogen-bond acceptors (Lipinski definition) is 9. The number of nitrogens with two attached hydrogens (primary N) is 2. The fourth-order valence-electron chi connectivity index (χ4n) is 3.15. The third-order valence-electron chi connectivity index (χ3n) is 5.37. The Morgan fingerprint density at radius 1 is 0.848 bits per heavy atom. The topological polar surface area (TPSA) is 168 Å². The van der Waals surface area contributed by atoms with Gasteiger partial charge in [0.1, 0.15) is 6.29 Å². The Kier molecular flexibility index (Phi) is 15.9. The Morgan fingerprint density at radius 3 is 2.00 bits per heavy atom. The van der Waals surface area contributed by atoms with E-state index in [-0.39, 0.29) is 30.7 Å². The van der Waals surface area contributed by atoms with Crippen LogP contribution in [0.1, 0.15) is 66.7 Å². The maximum atomic E-state index is 13.1. The summed E-state index contributed by atoms with van der Waals surface area (Å²) in [6.07, 6.45) is 1.47. The van der Waals surface area contributed by atoms with Gasteiger partial charge in [0.25, 0.3) is 0 Å². The molecule has 0 aliphatic heterocycles. The number of Topliss-reactive ketones (excluding diaryl/α,β-unsaturated/α-hetero) is 3. The molecular formula is C23H46N6O4. The van der Waals surface area contributed by atoms with Crippen LogP contribution >= 0.6 is 0 Å². The summed E-state index contributed by atoms with van der Waals surface area (Å²) in [5.74, 6) is -1.10. The first kappa shape index (κ1) is 31.3. The van der Waals surface area contributed by atoms with E-state index in [0.29, 0.717) is 38.1 Å². The van der Waals surface area contributed by atoms with Crippen LogP contribution in [-0.2, 0) is 19.2 Å². The molecule has 0 fully saturated rings. The van der Waals surface area contributed by atoms with Crippen molar-refractivity contribution in [1.29, 1.82) is 0 Å². The van der Waals surface area contributed by atoms with Crippen molar-refractivity contribution in [2.75, 3.05) is 20.1 Å². The van der Waals surface area contributed by atoms with Gasteiger partial charge in [-0.05, 0) is 58.0 Å². The molecule has 192 valence electrons. The lowest BCUT2D eigenvalue weighted by Gasteiger charge is -2.24. The van der Waals surface area contributed by atoms with Gasteiger partial charge >= 0.3 is 0 Å². The minimum absolute atomic E-state index is 0.0000370. The number of rotatable bonds is 19. The number of carbonyl (C=O) groups excluding carboxylic acids is 4. The molecule has 0 aromatic heterocycles. The minimum Gasteiger partial charge on any atom is -0.344 e. The molecule has 0 rings (SSSR count). The molecule has 0 bridgehead atoms. The Morgan fingerprint density at radius 2 is 1.48 bits per heavy atom. The summed E-state index contributed by atoms with van der Waals surface area (Å²) in [6, 6.07) is -1.95. The van der Waals surface area contributed by atoms with Gasteiger partial charge in [-0.1, -0.05) is 27.7 Å². The van der Waals surface area contributed by atoms with Crippen molar-refractivity contribution < 1.29 is 19.2 Å². The van der Waals surface area contributed by atoms with E-state index < -0.39 is 35.8 Å². The predicted molar refractivity (Wildman–Crippen MR) is 130 cm³/mol. The van der Waals surface area contributed by atoms with Crippen LogP contribution in [0.15, 0.2) is 0 Å². The number of amides is 1. The highest BCUT2D eigenvalue weighted by atomic mass is 16.2. The maximum Gasteiger partial charge on any atom is 0.237 e. The summed E-state index contributed by atoms with van der Waals surface area (Å²) in [5, 5.41) is 11.5. The maximum absolute atomic E-state index is 13.1. The highest BCUT2D eigenvalue weighted by Gasteiger charge is 2.30. The van der Waals surface area contributed by atoms with Crippen molar-refractivity contribution >= 4 is 23.3 Å². The zero-order valence-electron chi connectivity index (χ0n) is 21.2. The molecule has 33 heavy (non-hydrogen) atoms. The quantitative estimate of drug-likeness (QED) is 0.0850. The smallest absolute Gasteiger partial charge is 0.237 e. The van der Waals surface area contributed by atoms with Crippen molar-refractivity contribution in [3.63, 3.8) is 0 Å². The van der Waals surface area contributed by atoms with E-state index in [9.17, 15) is 19.2 Å². The third-order valence-corrected chi connectivity index (χ3v) is 5.37. The van der Waals surface area contributed by atoms with Crippen LogP contribution in [0.25, 0.3) is 0 Å². The normalized spacial score (nSPS) is 14.4. The average Bonchev–Trinajstić information content (AvgIpc) is 2.74. The first-order valence-corrected chi connectivity index (χ1v) is 11.9. The standard InChI is InChI=1S/C23H46N6O4/c1-14(2)9-10-19(30)21(32)18(12-15(3)4)29-22(33)17(8-7-11-27-23(24)25)28-13-20(31)16(5)26-6/h14-18,23,26-28H,7-13,24-25H2,1-6H3,(H,29,33)/t16-,17-,18-/m0/s1. The molecule has 0 heterocycles. The van der Waals surface area contributed by atoms with Gasteiger partial charge in [0.05, 0.1) is 24.7 Å². The molecule has 10 heteroatoms. The molecule has 8 N–H and O–H groups in total. The van der Waals surface area contributed by atoms with Crippen LogP contribution in [0.2, 0.25) is 0 Å². The van der Waals surface area contributed by atoms with Gasteiger partial charge in [-0.2, -0.15) is 0 Å². The second-order valence-electron chi connectivity index (χ2n) is 9.44. The Balaban J connectivity index is 5.29. The van der Waals surface area contributed by atoms with E-state index in [1.54, 1.807) is 14.0 Å². The second-order valence-corrected chi connectivity index (χ2v) is 9.44. The first-order valence-electron chi connectivity index (χ1n) is 11.9. The molecule has 10 nitrogen and oxygen atoms in total. The monoisotopic (exact) mass is 470 g/mol. The molecule has 0 aliphatic carbocycles. The number of ketones is 3. The molecule has 0 aromatic carbocycles. The molecule has 0 saturated carbocycles. The van der Waals surface area contributed by atoms with E-state index in [4.69, 9.17) is 11.5 Å². The van der Waals surface area contributed by atoms with Gasteiger partial charge < -0.3 is 22.1 Å². The third kappa shape index (κ3) is 14.2. The molecule has 1 amide bonds. The Bertz CT molecular complexity index is 624. The zero-order valence-corrected chi connectivity index (χ0v) is 21.2. The van der Waals surface area contributed by atoms with Crippen LogP contribution in [0.5, 0.6) is 0 Å². The Hall–Kier alpha value is -1.72. The van der Waals surface area contributed by atoms with Crippen LogP contribution in [0, 0.1) is 11.8 Å². The lowest BCUT2D eigenvalue weighted by Crippen LogP contribution is -2.53. The molecule has 0 aromatic rings. The number of hydrogen-bond donors (Lipinski definition) is 6. The van der Waals surface area contributed by atoms with Crippen molar-refractivity contribution in [3.8, 4) is 0 Å². The largest absolute Gasteiger partial charge is 0.344 e. The van der Waals surface area contributed by atoms with E-state index in [0.717, 1.165) is 0 Å². The van der Waals surface area contributed by atoms with E-state index in [2.05, 4.69) is 21.3 Å². The van der Waals surface area contributed by atoms with Crippen molar-refractivity contribution in [2.24, 2.45) is 23.3 Å². The summed E-state index contributed by atoms with van der Waals surface area (Å²) in [4.78, 5) is 50.5. The van der Waals surface area contributed by atoms with Crippen LogP contribution < -0.4 is 32.7 Å². The highest BCUT2D eigenvalue weighted by molar-refractivity contribution is 6.39. The molecule has 0 radical (unpaired) electrons. The lowest BCUT2D eigenvalue weighted by molar-refractivity contribution is -0.139. The minimum atomic E-state index is -0.885. The van der Waals surface area contributed by atoms with Gasteiger partial charge in [-0.25, -0.2) is 0 Å². The van der Waals surface area contributed by atoms with Gasteiger partial charge in [0.2, 0.25) is 17.5 Å². The van der Waals surface area contributed by atoms with E-state index in [1.165, 1.54) is 0 Å². The second kappa shape index (κ2) is 16.8. The Labute approximate surface area is 198 Å². The summed E-state index contributed by atoms with van der Waals surface area (Å²) < 4.78 is 0. The van der Waals surface area contributed by atoms with Crippen molar-refractivity contribution in [1.82, 2.24) is 21.3 Å². The van der Waals surface area contributed by atoms with Gasteiger partial charge in [0, 0.05) is 6.42 Å². The zero-order chi connectivity index (χ0) is 25.6. The molecule has 0 aliphatic rings. The highest BCUT2D eigenvalue weighted by Crippen LogP contribution is 2.11. The van der Waals surface area contributed by atoms with Crippen molar-refractivity contribution in [2.45, 2.75) is 91.1 Å². The fraction of sp³-hybridized carbons (Fsp3) is 0.826. The molecule has 0 saturated heterocycles. The fourth-order valence-corrected chi connectivity index (χ4v) is 3.15. The van der Waals surface area contributed by atoms with E-state index >= 15 is 0 Å². The summed E-state index contributed by atoms with van der Waals surface area (Å²) in [6.45, 7) is 10.1. The number of likely N-dealkylation sites (N-methyl/N-ethyl adjacent to an activating group) is 1. The van der Waals surface area contributed by atoms with E-state index in [1.807, 2.05) is 27.7 Å². The van der Waals surface area contributed by atoms with Crippen LogP contribution in [0.4, 0.5) is 0 Å². The van der Waals surface area contributed by atoms with Gasteiger partial charge in [-0.3, -0.25) is 29.8 Å². The SMILES string of the molecule is CN[C@@H](C)C(=O)CN[C@@H](CCCNC(N)N)C(=O)N[C@@H](CC(C)C)C(=O)C(=O)CCC(C)C. The summed E-state index contributed by atoms with van der Waals surface area (Å²) >= 11 is 0. The van der Waals surface area contributed by atoms with Gasteiger partial charge in [0.15, 0.2) is 5.78 Å². The van der Waals surface area contributed by atoms with Gasteiger partial charge in [-0.15, -0.1) is 0 Å². The molecular weight excluding hydrogens is 424 g/mol. The number of carbonyl (C=O) groups is 4. The summed E-state index contributed by atoms with van der Waals surface area (Å²) in [5.41, 5.74) is 11.0. The van der Waals surface area contributed by atoms with Crippen LogP contribution in [-0.4, -0.2) is 67.8 Å². The predicted octanol–water partition coefficient (Wildman–Crippen LogP) is -0.202. The average molecular weight is 471 g/mol. The molecule has 0 spiro atoms. The first-order chi connectivity index (χ1) is 15.4. The molecule has 3 atom stereocenters. The molecule has 0 unspecified atom stereocenters. The van der Waals surface area contributed by atoms with Crippen LogP contribution in [0.3, 0.4) is 0 Å². The number of nitrogens with one attached hydrogen (secondary N) is 4. The summed E-state index contributed by atoms with van der Waals surface area (Å²) in [7, 11) is 1.69. The lowest BCUT2D eigenvalue weighted by atomic mass is 9.94.